The first kappa shape index (κ1) is 20.4. The van der Waals surface area contributed by atoms with Crippen LogP contribution in [0.15, 0.2) is 0 Å². The molecule has 0 aromatic heterocycles. The van der Waals surface area contributed by atoms with Crippen molar-refractivity contribution >= 4 is 13.5 Å². The lowest BCUT2D eigenvalue weighted by Crippen LogP contribution is -2.35. The molecule has 0 saturated heterocycles. The van der Waals surface area contributed by atoms with Gasteiger partial charge in [-0.3, -0.25) is 9.36 Å². The van der Waals surface area contributed by atoms with Crippen molar-refractivity contribution in [2.24, 2.45) is 0 Å². The van der Waals surface area contributed by atoms with Gasteiger partial charge in [0, 0.05) is 6.16 Å². The van der Waals surface area contributed by atoms with Crippen LogP contribution in [-0.2, 0) is 18.6 Å². The maximum Gasteiger partial charge on any atom is 0.412 e. The van der Waals surface area contributed by atoms with Crippen molar-refractivity contribution in [1.29, 1.82) is 0 Å². The average molecular weight is 334 g/mol. The van der Waals surface area contributed by atoms with E-state index < -0.39 is 32.3 Å². The number of alkyl halides is 3. The van der Waals surface area contributed by atoms with Gasteiger partial charge in [-0.2, -0.15) is 13.2 Å². The van der Waals surface area contributed by atoms with Gasteiger partial charge in [0.15, 0.2) is 6.61 Å². The molecule has 0 bridgehead atoms. The molecule has 6 nitrogen and oxygen atoms in total. The smallest absolute Gasteiger partial charge is 0.412 e. The van der Waals surface area contributed by atoms with Gasteiger partial charge in [0.25, 0.3) is 7.52 Å². The normalized spacial score (nSPS) is 16.3. The minimum absolute atomic E-state index is 0.117. The van der Waals surface area contributed by atoms with Gasteiger partial charge in [0.2, 0.25) is 0 Å². The molecule has 0 saturated carbocycles. The third-order valence-electron chi connectivity index (χ3n) is 2.35. The van der Waals surface area contributed by atoms with Crippen molar-refractivity contribution in [1.82, 2.24) is 10.4 Å². The number of carbonyl (C=O) groups excluding carboxylic acids is 1. The summed E-state index contributed by atoms with van der Waals surface area (Å²) in [5, 5.41) is 5.13. The second-order valence-corrected chi connectivity index (χ2v) is 6.66. The predicted octanol–water partition coefficient (Wildman–Crippen LogP) is 1.91. The van der Waals surface area contributed by atoms with Gasteiger partial charge >= 0.3 is 12.1 Å². The molecule has 0 heterocycles. The number of halogens is 3. The Morgan fingerprint density at radius 1 is 1.38 bits per heavy atom. The Bertz CT molecular complexity index is 366. The number of hydrogen-bond acceptors (Lipinski definition) is 5. The van der Waals surface area contributed by atoms with E-state index in [2.05, 4.69) is 14.9 Å². The van der Waals surface area contributed by atoms with E-state index in [-0.39, 0.29) is 12.8 Å². The summed E-state index contributed by atoms with van der Waals surface area (Å²) in [6, 6.07) is -1.02. The summed E-state index contributed by atoms with van der Waals surface area (Å²) >= 11 is 0. The van der Waals surface area contributed by atoms with Crippen LogP contribution in [0.3, 0.4) is 0 Å². The van der Waals surface area contributed by atoms with Crippen LogP contribution in [0.5, 0.6) is 0 Å². The standard InChI is InChI=1S/C11H22F3N2O4P/c1-4-19-10(17)9(2)16-21(18,7-5-6-15-3)20-8-11(12,13)14/h9,15H,4-8H2,1-3H3,(H,16,18)/t9-,21?/m0/s1. The van der Waals surface area contributed by atoms with Crippen LogP contribution >= 0.6 is 7.52 Å². The highest BCUT2D eigenvalue weighted by molar-refractivity contribution is 7.56. The van der Waals surface area contributed by atoms with E-state index >= 15 is 0 Å². The van der Waals surface area contributed by atoms with Crippen molar-refractivity contribution in [2.75, 3.05) is 33.0 Å². The predicted molar refractivity (Wildman–Crippen MR) is 72.3 cm³/mol. The summed E-state index contributed by atoms with van der Waals surface area (Å²) in [7, 11) is -2.13. The van der Waals surface area contributed by atoms with Gasteiger partial charge < -0.3 is 14.6 Å². The lowest BCUT2D eigenvalue weighted by molar-refractivity contribution is -0.153. The first-order valence-corrected chi connectivity index (χ1v) is 8.34. The van der Waals surface area contributed by atoms with Crippen molar-refractivity contribution in [3.8, 4) is 0 Å². The molecular weight excluding hydrogens is 312 g/mol. The van der Waals surface area contributed by atoms with Gasteiger partial charge in [-0.25, -0.2) is 5.09 Å². The third kappa shape index (κ3) is 9.84. The number of nitrogens with one attached hydrogen (secondary N) is 2. The molecule has 0 aliphatic heterocycles. The highest BCUT2D eigenvalue weighted by Crippen LogP contribution is 2.44. The lowest BCUT2D eigenvalue weighted by Gasteiger charge is -2.23. The topological polar surface area (TPSA) is 76.7 Å². The SMILES string of the molecule is CCOC(=O)[C@H](C)NP(=O)(CCCNC)OCC(F)(F)F. The van der Waals surface area contributed by atoms with E-state index in [9.17, 15) is 22.5 Å². The van der Waals surface area contributed by atoms with Crippen LogP contribution in [0.1, 0.15) is 20.3 Å². The second kappa shape index (κ2) is 9.40. The number of carbonyl (C=O) groups is 1. The molecule has 10 heteroatoms. The molecule has 2 N–H and O–H groups in total. The van der Waals surface area contributed by atoms with Crippen molar-refractivity contribution in [3.63, 3.8) is 0 Å². The summed E-state index contributed by atoms with van der Waals surface area (Å²) in [5.74, 6) is -0.693. The summed E-state index contributed by atoms with van der Waals surface area (Å²) in [6.07, 6.45) is -4.37. The number of hydrogen-bond donors (Lipinski definition) is 2. The molecule has 0 rings (SSSR count). The molecule has 1 unspecified atom stereocenters. The van der Waals surface area contributed by atoms with E-state index in [0.29, 0.717) is 13.0 Å². The van der Waals surface area contributed by atoms with Crippen LogP contribution in [0.2, 0.25) is 0 Å². The van der Waals surface area contributed by atoms with Crippen molar-refractivity contribution < 1.29 is 31.8 Å². The Labute approximate surface area is 122 Å². The van der Waals surface area contributed by atoms with E-state index in [1.807, 2.05) is 0 Å². The summed E-state index contributed by atoms with van der Waals surface area (Å²) in [4.78, 5) is 11.5. The lowest BCUT2D eigenvalue weighted by atomic mass is 10.4. The zero-order valence-corrected chi connectivity index (χ0v) is 13.2. The molecular formula is C11H22F3N2O4P. The quantitative estimate of drug-likeness (QED) is 0.361. The summed E-state index contributed by atoms with van der Waals surface area (Å²) in [5.41, 5.74) is 0. The van der Waals surface area contributed by atoms with Gasteiger partial charge in [-0.05, 0) is 33.9 Å². The molecule has 0 aromatic rings. The fourth-order valence-corrected chi connectivity index (χ4v) is 3.38. The zero-order valence-electron chi connectivity index (χ0n) is 12.3. The Morgan fingerprint density at radius 2 is 2.00 bits per heavy atom. The molecule has 2 atom stereocenters. The van der Waals surface area contributed by atoms with Crippen LogP contribution in [0.25, 0.3) is 0 Å². The molecule has 0 spiro atoms. The summed E-state index contributed by atoms with van der Waals surface area (Å²) in [6.45, 7) is 1.91. The van der Waals surface area contributed by atoms with Crippen LogP contribution < -0.4 is 10.4 Å². The van der Waals surface area contributed by atoms with E-state index in [1.54, 1.807) is 14.0 Å². The molecule has 21 heavy (non-hydrogen) atoms. The Balaban J connectivity index is 4.70. The zero-order chi connectivity index (χ0) is 16.5. The van der Waals surface area contributed by atoms with Crippen molar-refractivity contribution in [3.05, 3.63) is 0 Å². The van der Waals surface area contributed by atoms with E-state index in [0.717, 1.165) is 0 Å². The molecule has 0 aliphatic carbocycles. The first-order chi connectivity index (χ1) is 9.63. The maximum absolute atomic E-state index is 12.4. The molecule has 0 amide bonds. The number of esters is 1. The number of rotatable bonds is 10. The molecule has 0 aromatic carbocycles. The Morgan fingerprint density at radius 3 is 2.48 bits per heavy atom. The summed E-state index contributed by atoms with van der Waals surface area (Å²) < 4.78 is 58.3. The Kier molecular flexibility index (Phi) is 9.12. The minimum atomic E-state index is -4.59. The van der Waals surface area contributed by atoms with Gasteiger partial charge in [0.1, 0.15) is 6.04 Å². The van der Waals surface area contributed by atoms with Gasteiger partial charge in [0.05, 0.1) is 6.61 Å². The molecule has 0 radical (unpaired) electrons. The monoisotopic (exact) mass is 334 g/mol. The van der Waals surface area contributed by atoms with E-state index in [4.69, 9.17) is 4.74 Å². The molecule has 126 valence electrons. The average Bonchev–Trinajstić information content (AvgIpc) is 2.36. The fraction of sp³-hybridized carbons (Fsp3) is 0.909. The maximum atomic E-state index is 12.4. The molecule has 0 aliphatic rings. The molecule has 0 fully saturated rings. The van der Waals surface area contributed by atoms with Crippen LogP contribution in [0, 0.1) is 0 Å². The van der Waals surface area contributed by atoms with Gasteiger partial charge in [-0.15, -0.1) is 0 Å². The van der Waals surface area contributed by atoms with Crippen molar-refractivity contribution in [2.45, 2.75) is 32.5 Å². The van der Waals surface area contributed by atoms with E-state index in [1.165, 1.54) is 6.92 Å². The Hall–Kier alpha value is -0.630. The van der Waals surface area contributed by atoms with Crippen LogP contribution in [-0.4, -0.2) is 51.2 Å². The minimum Gasteiger partial charge on any atom is -0.465 e. The van der Waals surface area contributed by atoms with Crippen LogP contribution in [0.4, 0.5) is 13.2 Å². The van der Waals surface area contributed by atoms with Gasteiger partial charge in [-0.1, -0.05) is 0 Å². The third-order valence-corrected chi connectivity index (χ3v) is 4.58. The highest BCUT2D eigenvalue weighted by atomic mass is 31.2. The highest BCUT2D eigenvalue weighted by Gasteiger charge is 2.35. The largest absolute Gasteiger partial charge is 0.465 e. The number of ether oxygens (including phenoxy) is 1. The first-order valence-electron chi connectivity index (χ1n) is 6.53. The fourth-order valence-electron chi connectivity index (χ4n) is 1.42. The second-order valence-electron chi connectivity index (χ2n) is 4.35.